The Morgan fingerprint density at radius 1 is 1.23 bits per heavy atom. The van der Waals surface area contributed by atoms with E-state index in [1.54, 1.807) is 30.3 Å². The lowest BCUT2D eigenvalue weighted by atomic mass is 10.0. The number of anilines is 1. The Labute approximate surface area is 139 Å². The lowest BCUT2D eigenvalue weighted by Crippen LogP contribution is -2.14. The molecule has 116 valence electrons. The number of para-hydroxylation sites is 2. The van der Waals surface area contributed by atoms with Crippen LogP contribution in [0.25, 0.3) is 0 Å². The number of aromatic hydroxyl groups is 1. The molecule has 0 amide bonds. The van der Waals surface area contributed by atoms with Crippen molar-refractivity contribution in [1.82, 2.24) is 0 Å². The average molecular weight is 336 g/mol. The molecule has 1 unspecified atom stereocenters. The van der Waals surface area contributed by atoms with Crippen molar-refractivity contribution < 1.29 is 9.90 Å². The number of phenols is 1. The maximum atomic E-state index is 12.0. The minimum atomic E-state index is -0.211. The summed E-state index contributed by atoms with van der Waals surface area (Å²) in [4.78, 5) is 12.0. The summed E-state index contributed by atoms with van der Waals surface area (Å²) in [6, 6.07) is 14.2. The average Bonchev–Trinajstić information content (AvgIpc) is 2.50. The van der Waals surface area contributed by atoms with Gasteiger partial charge in [-0.05, 0) is 35.6 Å². The topological polar surface area (TPSA) is 49.3 Å². The van der Waals surface area contributed by atoms with Crippen molar-refractivity contribution in [2.45, 2.75) is 19.4 Å². The van der Waals surface area contributed by atoms with Gasteiger partial charge in [0.15, 0.2) is 5.12 Å². The molecule has 0 aliphatic rings. The number of carbonyl (C=O) groups is 1. The normalized spacial score (nSPS) is 11.9. The zero-order valence-corrected chi connectivity index (χ0v) is 13.8. The van der Waals surface area contributed by atoms with Crippen LogP contribution in [0.4, 0.5) is 5.69 Å². The number of halogens is 1. The van der Waals surface area contributed by atoms with Crippen LogP contribution in [0.15, 0.2) is 48.5 Å². The first kappa shape index (κ1) is 16.7. The molecule has 2 aromatic carbocycles. The Balaban J connectivity index is 2.23. The van der Waals surface area contributed by atoms with Crippen molar-refractivity contribution >= 4 is 34.2 Å². The Morgan fingerprint density at radius 3 is 2.55 bits per heavy atom. The smallest absolute Gasteiger partial charge is 0.191 e. The Hall–Kier alpha value is -1.65. The van der Waals surface area contributed by atoms with Crippen LogP contribution in [0.3, 0.4) is 0 Å². The van der Waals surface area contributed by atoms with Crippen LogP contribution in [0.5, 0.6) is 5.75 Å². The molecule has 0 aromatic heterocycles. The number of phenolic OH excluding ortho intramolecular Hbond substituents is 1. The second-order valence-corrected chi connectivity index (χ2v) is 6.53. The highest BCUT2D eigenvalue weighted by molar-refractivity contribution is 8.13. The molecule has 3 nitrogen and oxygen atoms in total. The van der Waals surface area contributed by atoms with Gasteiger partial charge in [-0.2, -0.15) is 0 Å². The molecule has 0 spiro atoms. The number of hydrogen-bond donors (Lipinski definition) is 2. The Morgan fingerprint density at radius 2 is 1.91 bits per heavy atom. The van der Waals surface area contributed by atoms with Gasteiger partial charge in [-0.25, -0.2) is 0 Å². The van der Waals surface area contributed by atoms with Crippen molar-refractivity contribution in [3.8, 4) is 5.75 Å². The number of carbonyl (C=O) groups excluding carboxylic acids is 1. The summed E-state index contributed by atoms with van der Waals surface area (Å²) in [5, 5.41) is 13.9. The van der Waals surface area contributed by atoms with Crippen molar-refractivity contribution in [2.75, 3.05) is 11.1 Å². The van der Waals surface area contributed by atoms with E-state index >= 15 is 0 Å². The molecule has 0 saturated heterocycles. The predicted molar refractivity (Wildman–Crippen MR) is 93.7 cm³/mol. The molecule has 5 heteroatoms. The van der Waals surface area contributed by atoms with E-state index in [0.717, 1.165) is 11.3 Å². The largest absolute Gasteiger partial charge is 0.506 e. The molecule has 2 rings (SSSR count). The summed E-state index contributed by atoms with van der Waals surface area (Å²) in [7, 11) is 0. The van der Waals surface area contributed by atoms with Crippen LogP contribution in [-0.2, 0) is 4.79 Å². The van der Waals surface area contributed by atoms with Gasteiger partial charge in [0.25, 0.3) is 0 Å². The van der Waals surface area contributed by atoms with Gasteiger partial charge in [0, 0.05) is 11.4 Å². The van der Waals surface area contributed by atoms with Crippen LogP contribution in [0.1, 0.15) is 24.9 Å². The molecular weight excluding hydrogens is 318 g/mol. The van der Waals surface area contributed by atoms with Crippen molar-refractivity contribution in [2.24, 2.45) is 0 Å². The van der Waals surface area contributed by atoms with E-state index in [1.165, 1.54) is 11.8 Å². The molecule has 0 bridgehead atoms. The second-order valence-electron chi connectivity index (χ2n) is 4.77. The Bertz CT molecular complexity index is 631. The first-order valence-corrected chi connectivity index (χ1v) is 8.42. The molecule has 22 heavy (non-hydrogen) atoms. The lowest BCUT2D eigenvalue weighted by molar-refractivity contribution is -0.111. The highest BCUT2D eigenvalue weighted by Gasteiger charge is 2.17. The van der Waals surface area contributed by atoms with Gasteiger partial charge >= 0.3 is 0 Å². The summed E-state index contributed by atoms with van der Waals surface area (Å²) in [6.45, 7) is 1.95. The van der Waals surface area contributed by atoms with Gasteiger partial charge in [0.05, 0.1) is 11.7 Å². The van der Waals surface area contributed by atoms with Crippen LogP contribution >= 0.6 is 23.4 Å². The monoisotopic (exact) mass is 335 g/mol. The highest BCUT2D eigenvalue weighted by Crippen LogP contribution is 2.30. The molecule has 1 atom stereocenters. The fraction of sp³-hybridized carbons (Fsp3) is 0.235. The molecule has 0 saturated carbocycles. The van der Waals surface area contributed by atoms with Crippen LogP contribution < -0.4 is 5.32 Å². The Kier molecular flexibility index (Phi) is 6.16. The van der Waals surface area contributed by atoms with Gasteiger partial charge in [-0.3, -0.25) is 4.79 Å². The maximum absolute atomic E-state index is 12.0. The van der Waals surface area contributed by atoms with E-state index in [-0.39, 0.29) is 16.9 Å². The third-order valence-electron chi connectivity index (χ3n) is 3.18. The first-order valence-electron chi connectivity index (χ1n) is 7.05. The number of hydrogen-bond acceptors (Lipinski definition) is 4. The lowest BCUT2D eigenvalue weighted by Gasteiger charge is -2.20. The van der Waals surface area contributed by atoms with Crippen LogP contribution in [-0.4, -0.2) is 16.0 Å². The second kappa shape index (κ2) is 8.11. The first-order chi connectivity index (χ1) is 10.6. The quantitative estimate of drug-likeness (QED) is 0.739. The van der Waals surface area contributed by atoms with Gasteiger partial charge in [0.2, 0.25) is 0 Å². The fourth-order valence-corrected chi connectivity index (χ4v) is 2.85. The van der Waals surface area contributed by atoms with Crippen molar-refractivity contribution in [3.63, 3.8) is 0 Å². The summed E-state index contributed by atoms with van der Waals surface area (Å²) in [6.07, 6.45) is 0.342. The molecule has 0 radical (unpaired) electrons. The van der Waals surface area contributed by atoms with E-state index in [9.17, 15) is 9.90 Å². The van der Waals surface area contributed by atoms with E-state index in [4.69, 9.17) is 11.6 Å². The van der Waals surface area contributed by atoms with Gasteiger partial charge in [-0.1, -0.05) is 54.6 Å². The van der Waals surface area contributed by atoms with Gasteiger partial charge in [0.1, 0.15) is 5.75 Å². The summed E-state index contributed by atoms with van der Waals surface area (Å²) >= 11 is 7.23. The third-order valence-corrected chi connectivity index (χ3v) is 4.21. The van der Waals surface area contributed by atoms with Gasteiger partial charge < -0.3 is 10.4 Å². The molecular formula is C17H18ClNO2S. The maximum Gasteiger partial charge on any atom is 0.191 e. The fourth-order valence-electron chi connectivity index (χ4n) is 2.12. The third kappa shape index (κ3) is 4.68. The zero-order chi connectivity index (χ0) is 15.9. The van der Waals surface area contributed by atoms with Crippen LogP contribution in [0, 0.1) is 0 Å². The molecule has 0 aliphatic carbocycles. The van der Waals surface area contributed by atoms with Crippen molar-refractivity contribution in [3.05, 3.63) is 59.1 Å². The summed E-state index contributed by atoms with van der Waals surface area (Å²) < 4.78 is 0. The zero-order valence-electron chi connectivity index (χ0n) is 12.3. The summed E-state index contributed by atoms with van der Waals surface area (Å²) in [5.41, 5.74) is 1.56. The molecule has 0 aliphatic heterocycles. The van der Waals surface area contributed by atoms with E-state index in [0.29, 0.717) is 17.1 Å². The van der Waals surface area contributed by atoms with E-state index in [1.807, 2.05) is 25.1 Å². The van der Waals surface area contributed by atoms with Gasteiger partial charge in [-0.15, -0.1) is 0 Å². The van der Waals surface area contributed by atoms with Crippen LogP contribution in [0.2, 0.25) is 5.02 Å². The van der Waals surface area contributed by atoms with Crippen molar-refractivity contribution in [1.29, 1.82) is 0 Å². The number of rotatable bonds is 6. The summed E-state index contributed by atoms with van der Waals surface area (Å²) in [5.74, 6) is 0.917. The minimum absolute atomic E-state index is 0.116. The SMILES string of the molecule is CCSC(=O)CC(Nc1ccccc1O)c1ccc(Cl)cc1. The highest BCUT2D eigenvalue weighted by atomic mass is 35.5. The molecule has 2 aromatic rings. The van der Waals surface area contributed by atoms with E-state index in [2.05, 4.69) is 5.32 Å². The number of thioether (sulfide) groups is 1. The number of benzene rings is 2. The predicted octanol–water partition coefficient (Wildman–Crippen LogP) is 4.87. The minimum Gasteiger partial charge on any atom is -0.506 e. The standard InChI is InChI=1S/C17H18ClNO2S/c1-2-22-17(21)11-15(12-7-9-13(18)10-8-12)19-14-5-3-4-6-16(14)20/h3-10,15,19-20H,2,11H2,1H3. The molecule has 0 fully saturated rings. The van der Waals surface area contributed by atoms with E-state index < -0.39 is 0 Å². The molecule has 0 heterocycles. The molecule has 2 N–H and O–H groups in total. The number of nitrogens with one attached hydrogen (secondary N) is 1.